The fourth-order valence-corrected chi connectivity index (χ4v) is 2.95. The number of aliphatic hydroxyl groups excluding tert-OH is 1. The topological polar surface area (TPSA) is 111 Å². The number of rotatable bonds is 4. The average Bonchev–Trinajstić information content (AvgIpc) is 3.09. The van der Waals surface area contributed by atoms with Gasteiger partial charge < -0.3 is 15.3 Å². The van der Waals surface area contributed by atoms with Crippen LogP contribution in [0.25, 0.3) is 0 Å². The van der Waals surface area contributed by atoms with E-state index >= 15 is 0 Å². The molecule has 0 aliphatic carbocycles. The van der Waals surface area contributed by atoms with Gasteiger partial charge in [0.2, 0.25) is 0 Å². The Bertz CT molecular complexity index is 914. The number of hydrogen-bond acceptors (Lipinski definition) is 5. The van der Waals surface area contributed by atoms with Gasteiger partial charge in [-0.1, -0.05) is 18.2 Å². The first-order valence-electron chi connectivity index (χ1n) is 9.77. The van der Waals surface area contributed by atoms with Crippen LogP contribution in [0.5, 0.6) is 0 Å². The van der Waals surface area contributed by atoms with Crippen molar-refractivity contribution in [3.8, 4) is 0 Å². The Labute approximate surface area is 194 Å². The molecule has 1 aromatic carbocycles. The number of carboxylic acids is 2. The predicted molar refractivity (Wildman–Crippen MR) is 107 cm³/mol. The van der Waals surface area contributed by atoms with Crippen LogP contribution in [-0.4, -0.2) is 68.2 Å². The summed E-state index contributed by atoms with van der Waals surface area (Å²) in [4.78, 5) is 24.2. The third-order valence-corrected chi connectivity index (χ3v) is 4.58. The molecule has 1 aromatic heterocycles. The van der Waals surface area contributed by atoms with Crippen LogP contribution in [0.2, 0.25) is 0 Å². The Morgan fingerprint density at radius 2 is 1.46 bits per heavy atom. The number of likely N-dealkylation sites (tertiary alicyclic amines) is 1. The van der Waals surface area contributed by atoms with E-state index in [0.717, 1.165) is 37.1 Å². The Morgan fingerprint density at radius 3 is 1.89 bits per heavy atom. The Balaban J connectivity index is 0.000000362. The molecule has 2 atom stereocenters. The van der Waals surface area contributed by atoms with Crippen molar-refractivity contribution >= 4 is 11.9 Å². The minimum Gasteiger partial charge on any atom is -0.475 e. The first-order valence-corrected chi connectivity index (χ1v) is 9.77. The first-order chi connectivity index (χ1) is 16.1. The zero-order valence-electron chi connectivity index (χ0n) is 17.8. The van der Waals surface area contributed by atoms with E-state index < -0.39 is 24.3 Å². The van der Waals surface area contributed by atoms with E-state index in [0.29, 0.717) is 0 Å². The molecule has 1 saturated heterocycles. The second-order valence-electron chi connectivity index (χ2n) is 7.19. The Hall–Kier alpha value is -3.26. The smallest absolute Gasteiger partial charge is 0.475 e. The number of pyridine rings is 1. The third-order valence-electron chi connectivity index (χ3n) is 4.58. The molecule has 3 N–H and O–H groups in total. The van der Waals surface area contributed by atoms with Gasteiger partial charge in [-0.15, -0.1) is 0 Å². The number of benzene rings is 1. The predicted octanol–water partition coefficient (Wildman–Crippen LogP) is 3.67. The van der Waals surface area contributed by atoms with Crippen LogP contribution in [0, 0.1) is 5.82 Å². The molecule has 14 heteroatoms. The van der Waals surface area contributed by atoms with Crippen molar-refractivity contribution in [2.45, 2.75) is 43.9 Å². The second kappa shape index (κ2) is 13.0. The lowest BCUT2D eigenvalue weighted by atomic mass is 10.0. The molecule has 0 spiro atoms. The zero-order chi connectivity index (χ0) is 26.8. The van der Waals surface area contributed by atoms with Crippen molar-refractivity contribution in [1.29, 1.82) is 0 Å². The lowest BCUT2D eigenvalue weighted by molar-refractivity contribution is -0.193. The SMILES string of the molecule is O=C(O)C(F)(F)F.O=C(O)C(F)(F)F.O[C@H]1CCN(Cc2ccc(F)cc2)[C@H]1Cc1cccnc1. The lowest BCUT2D eigenvalue weighted by Crippen LogP contribution is -2.36. The van der Waals surface area contributed by atoms with Gasteiger partial charge in [0.15, 0.2) is 0 Å². The molecule has 0 bridgehead atoms. The minimum absolute atomic E-state index is 0.0965. The molecule has 2 heterocycles. The van der Waals surface area contributed by atoms with Gasteiger partial charge in [0, 0.05) is 31.5 Å². The van der Waals surface area contributed by atoms with Crippen molar-refractivity contribution in [2.75, 3.05) is 6.54 Å². The maximum absolute atomic E-state index is 13.0. The molecule has 1 fully saturated rings. The highest BCUT2D eigenvalue weighted by Crippen LogP contribution is 2.24. The third kappa shape index (κ3) is 11.1. The van der Waals surface area contributed by atoms with E-state index in [9.17, 15) is 35.8 Å². The molecule has 0 saturated carbocycles. The molecule has 7 nitrogen and oxygen atoms in total. The summed E-state index contributed by atoms with van der Waals surface area (Å²) in [5, 5.41) is 24.5. The van der Waals surface area contributed by atoms with Crippen LogP contribution in [0.15, 0.2) is 48.8 Å². The average molecular weight is 514 g/mol. The maximum atomic E-state index is 13.0. The van der Waals surface area contributed by atoms with Crippen LogP contribution in [0.3, 0.4) is 0 Å². The fraction of sp³-hybridized carbons (Fsp3) is 0.381. The number of carboxylic acid groups (broad SMARTS) is 2. The number of alkyl halides is 6. The van der Waals surface area contributed by atoms with Gasteiger partial charge in [-0.2, -0.15) is 26.3 Å². The lowest BCUT2D eigenvalue weighted by Gasteiger charge is -2.26. The summed E-state index contributed by atoms with van der Waals surface area (Å²) >= 11 is 0. The molecule has 0 unspecified atom stereocenters. The molecule has 3 rings (SSSR count). The van der Waals surface area contributed by atoms with Crippen molar-refractivity contribution in [2.24, 2.45) is 0 Å². The number of aliphatic hydroxyl groups is 1. The fourth-order valence-electron chi connectivity index (χ4n) is 2.95. The summed E-state index contributed by atoms with van der Waals surface area (Å²) in [5.41, 5.74) is 2.20. The first kappa shape index (κ1) is 29.8. The molecule has 194 valence electrons. The van der Waals surface area contributed by atoms with Gasteiger partial charge in [0.25, 0.3) is 0 Å². The highest BCUT2D eigenvalue weighted by molar-refractivity contribution is 5.73. The van der Waals surface area contributed by atoms with Crippen LogP contribution >= 0.6 is 0 Å². The number of aliphatic carboxylic acids is 2. The highest BCUT2D eigenvalue weighted by Gasteiger charge is 2.39. The van der Waals surface area contributed by atoms with Gasteiger partial charge in [-0.3, -0.25) is 9.88 Å². The van der Waals surface area contributed by atoms with Gasteiger partial charge >= 0.3 is 24.3 Å². The van der Waals surface area contributed by atoms with Crippen LogP contribution < -0.4 is 0 Å². The molecular formula is C21H21F7N2O5. The highest BCUT2D eigenvalue weighted by atomic mass is 19.4. The molecule has 0 radical (unpaired) electrons. The van der Waals surface area contributed by atoms with Gasteiger partial charge in [-0.05, 0) is 42.2 Å². The molecule has 2 aromatic rings. The van der Waals surface area contributed by atoms with E-state index in [1.54, 1.807) is 18.3 Å². The van der Waals surface area contributed by atoms with Crippen LogP contribution in [-0.2, 0) is 22.6 Å². The standard InChI is InChI=1S/C17H19FN2O.2C2HF3O2/c18-15-5-3-13(4-6-15)12-20-9-7-17(21)16(20)10-14-2-1-8-19-11-14;2*3-2(4,5)1(6)7/h1-6,8,11,16-17,21H,7,9-10,12H2;2*(H,6,7)/t16-,17-;;/m0../s1. The number of halogens is 7. The second-order valence-corrected chi connectivity index (χ2v) is 7.19. The van der Waals surface area contributed by atoms with Gasteiger partial charge in [-0.25, -0.2) is 14.0 Å². The number of nitrogens with zero attached hydrogens (tertiary/aromatic N) is 2. The van der Waals surface area contributed by atoms with Crippen molar-refractivity contribution < 1.29 is 55.6 Å². The largest absolute Gasteiger partial charge is 0.490 e. The van der Waals surface area contributed by atoms with Crippen molar-refractivity contribution in [3.63, 3.8) is 0 Å². The molecule has 1 aliphatic rings. The van der Waals surface area contributed by atoms with Crippen LogP contribution in [0.1, 0.15) is 17.5 Å². The molecule has 35 heavy (non-hydrogen) atoms. The monoisotopic (exact) mass is 514 g/mol. The molecule has 0 amide bonds. The number of hydrogen-bond donors (Lipinski definition) is 3. The van der Waals surface area contributed by atoms with E-state index in [1.165, 1.54) is 12.1 Å². The van der Waals surface area contributed by atoms with Gasteiger partial charge in [0.1, 0.15) is 5.82 Å². The quantitative estimate of drug-likeness (QED) is 0.534. The van der Waals surface area contributed by atoms with E-state index in [-0.39, 0.29) is 18.0 Å². The summed E-state index contributed by atoms with van der Waals surface area (Å²) in [6, 6.07) is 10.6. The number of aromatic nitrogens is 1. The minimum atomic E-state index is -5.08. The molecule has 1 aliphatic heterocycles. The summed E-state index contributed by atoms with van der Waals surface area (Å²) in [5.74, 6) is -5.73. The van der Waals surface area contributed by atoms with Crippen LogP contribution in [0.4, 0.5) is 30.7 Å². The van der Waals surface area contributed by atoms with E-state index in [4.69, 9.17) is 19.8 Å². The summed E-state index contributed by atoms with van der Waals surface area (Å²) in [7, 11) is 0. The van der Waals surface area contributed by atoms with Gasteiger partial charge in [0.05, 0.1) is 6.10 Å². The normalized spacial score (nSPS) is 18.1. The summed E-state index contributed by atoms with van der Waals surface area (Å²) in [6.45, 7) is 1.60. The Kier molecular flexibility index (Phi) is 11.1. The number of carbonyl (C=O) groups is 2. The zero-order valence-corrected chi connectivity index (χ0v) is 17.8. The maximum Gasteiger partial charge on any atom is 0.490 e. The van der Waals surface area contributed by atoms with E-state index in [2.05, 4.69) is 9.88 Å². The van der Waals surface area contributed by atoms with E-state index in [1.807, 2.05) is 18.3 Å². The Morgan fingerprint density at radius 1 is 0.943 bits per heavy atom. The molecular weight excluding hydrogens is 493 g/mol. The summed E-state index contributed by atoms with van der Waals surface area (Å²) in [6.07, 6.45) is -5.31. The van der Waals surface area contributed by atoms with Crippen molar-refractivity contribution in [1.82, 2.24) is 9.88 Å². The summed E-state index contributed by atoms with van der Waals surface area (Å²) < 4.78 is 76.4. The van der Waals surface area contributed by atoms with Crippen molar-refractivity contribution in [3.05, 3.63) is 65.7 Å².